The van der Waals surface area contributed by atoms with Gasteiger partial charge < -0.3 is 5.32 Å². The first kappa shape index (κ1) is 18.4. The third kappa shape index (κ3) is 4.40. The predicted molar refractivity (Wildman–Crippen MR) is 87.3 cm³/mol. The summed E-state index contributed by atoms with van der Waals surface area (Å²) < 4.78 is 25.2. The summed E-state index contributed by atoms with van der Waals surface area (Å²) in [5.41, 5.74) is 1.15. The maximum atomic E-state index is 12.0. The molecule has 1 aromatic rings. The Morgan fingerprint density at radius 2 is 1.90 bits per heavy atom. The molecule has 1 N–H and O–H groups in total. The van der Waals surface area contributed by atoms with Crippen molar-refractivity contribution in [2.75, 3.05) is 33.7 Å². The van der Waals surface area contributed by atoms with E-state index in [2.05, 4.69) is 17.1 Å². The van der Waals surface area contributed by atoms with Crippen LogP contribution < -0.4 is 5.32 Å². The first-order valence-corrected chi connectivity index (χ1v) is 8.31. The van der Waals surface area contributed by atoms with Crippen LogP contribution in [0.15, 0.2) is 29.2 Å². The van der Waals surface area contributed by atoms with Gasteiger partial charge in [0.25, 0.3) is 0 Å². The number of hydrogen-bond acceptors (Lipinski definition) is 4. The van der Waals surface area contributed by atoms with Crippen molar-refractivity contribution in [3.05, 3.63) is 29.8 Å². The lowest BCUT2D eigenvalue weighted by Gasteiger charge is -2.33. The summed E-state index contributed by atoms with van der Waals surface area (Å²) in [5.74, 6) is 0. The summed E-state index contributed by atoms with van der Waals surface area (Å²) >= 11 is 0. The molecule has 0 spiro atoms. The molecule has 1 aliphatic heterocycles. The third-order valence-corrected chi connectivity index (χ3v) is 5.56. The van der Waals surface area contributed by atoms with Gasteiger partial charge in [-0.15, -0.1) is 12.4 Å². The molecule has 1 atom stereocenters. The molecule has 7 heteroatoms. The van der Waals surface area contributed by atoms with E-state index in [1.54, 1.807) is 26.2 Å². The van der Waals surface area contributed by atoms with Gasteiger partial charge in [0.15, 0.2) is 0 Å². The summed E-state index contributed by atoms with van der Waals surface area (Å²) in [6.07, 6.45) is 0. The molecule has 0 amide bonds. The van der Waals surface area contributed by atoms with Crippen LogP contribution in [0.3, 0.4) is 0 Å². The summed E-state index contributed by atoms with van der Waals surface area (Å²) in [4.78, 5) is 2.76. The van der Waals surface area contributed by atoms with Gasteiger partial charge in [0.1, 0.15) is 0 Å². The van der Waals surface area contributed by atoms with Crippen molar-refractivity contribution in [3.63, 3.8) is 0 Å². The highest BCUT2D eigenvalue weighted by Gasteiger charge is 2.19. The van der Waals surface area contributed by atoms with Crippen LogP contribution in [0.2, 0.25) is 0 Å². The Morgan fingerprint density at radius 1 is 1.29 bits per heavy atom. The molecule has 1 heterocycles. The zero-order valence-electron chi connectivity index (χ0n) is 12.7. The van der Waals surface area contributed by atoms with Gasteiger partial charge in [-0.25, -0.2) is 12.7 Å². The van der Waals surface area contributed by atoms with E-state index in [1.165, 1.54) is 4.31 Å². The fourth-order valence-electron chi connectivity index (χ4n) is 2.33. The average molecular weight is 334 g/mol. The lowest BCUT2D eigenvalue weighted by Crippen LogP contribution is -2.49. The van der Waals surface area contributed by atoms with Crippen LogP contribution in [-0.4, -0.2) is 57.4 Å². The van der Waals surface area contributed by atoms with Crippen molar-refractivity contribution in [3.8, 4) is 0 Å². The fourth-order valence-corrected chi connectivity index (χ4v) is 3.23. The number of piperazine rings is 1. The highest BCUT2D eigenvalue weighted by Crippen LogP contribution is 2.16. The molecule has 1 aliphatic rings. The standard InChI is InChI=1S/C14H23N3O2S.ClH/c1-12-10-15-8-9-17(12)11-13-4-6-14(7-5-13)20(18,19)16(2)3;/h4-7,12,15H,8-11H2,1-3H3;1H/t12-;/m0./s1. The quantitative estimate of drug-likeness (QED) is 0.898. The molecule has 21 heavy (non-hydrogen) atoms. The van der Waals surface area contributed by atoms with E-state index in [4.69, 9.17) is 0 Å². The molecule has 0 saturated carbocycles. The van der Waals surface area contributed by atoms with Gasteiger partial charge in [-0.3, -0.25) is 4.90 Å². The molecule has 5 nitrogen and oxygen atoms in total. The average Bonchev–Trinajstić information content (AvgIpc) is 2.42. The minimum atomic E-state index is -3.33. The second-order valence-electron chi connectivity index (χ2n) is 5.46. The van der Waals surface area contributed by atoms with Crippen molar-refractivity contribution in [1.29, 1.82) is 0 Å². The highest BCUT2D eigenvalue weighted by atomic mass is 35.5. The van der Waals surface area contributed by atoms with Crippen LogP contribution in [0.25, 0.3) is 0 Å². The van der Waals surface area contributed by atoms with Crippen LogP contribution in [0.5, 0.6) is 0 Å². The van der Waals surface area contributed by atoms with Gasteiger partial charge in [0.2, 0.25) is 10.0 Å². The van der Waals surface area contributed by atoms with Crippen molar-refractivity contribution in [2.24, 2.45) is 0 Å². The maximum Gasteiger partial charge on any atom is 0.242 e. The molecular formula is C14H24ClN3O2S. The normalized spacial score (nSPS) is 20.3. The largest absolute Gasteiger partial charge is 0.314 e. The topological polar surface area (TPSA) is 52.7 Å². The Kier molecular flexibility index (Phi) is 6.62. The number of hydrogen-bond donors (Lipinski definition) is 1. The predicted octanol–water partition coefficient (Wildman–Crippen LogP) is 1.15. The van der Waals surface area contributed by atoms with Gasteiger partial charge in [0.05, 0.1) is 4.90 Å². The van der Waals surface area contributed by atoms with E-state index < -0.39 is 10.0 Å². The zero-order chi connectivity index (χ0) is 14.8. The van der Waals surface area contributed by atoms with Crippen molar-refractivity contribution < 1.29 is 8.42 Å². The molecule has 0 aromatic heterocycles. The first-order valence-electron chi connectivity index (χ1n) is 6.87. The third-order valence-electron chi connectivity index (χ3n) is 3.73. The minimum Gasteiger partial charge on any atom is -0.314 e. The molecular weight excluding hydrogens is 310 g/mol. The smallest absolute Gasteiger partial charge is 0.242 e. The van der Waals surface area contributed by atoms with Gasteiger partial charge in [-0.1, -0.05) is 12.1 Å². The van der Waals surface area contributed by atoms with Crippen molar-refractivity contribution in [1.82, 2.24) is 14.5 Å². The van der Waals surface area contributed by atoms with Crippen LogP contribution >= 0.6 is 12.4 Å². The van der Waals surface area contributed by atoms with Crippen LogP contribution in [-0.2, 0) is 16.6 Å². The number of nitrogens with one attached hydrogen (secondary N) is 1. The second kappa shape index (κ2) is 7.56. The van der Waals surface area contributed by atoms with E-state index in [0.717, 1.165) is 31.7 Å². The fraction of sp³-hybridized carbons (Fsp3) is 0.571. The van der Waals surface area contributed by atoms with E-state index in [-0.39, 0.29) is 12.4 Å². The van der Waals surface area contributed by atoms with Crippen molar-refractivity contribution in [2.45, 2.75) is 24.4 Å². The maximum absolute atomic E-state index is 12.0. The second-order valence-corrected chi connectivity index (χ2v) is 7.61. The SMILES string of the molecule is C[C@H]1CNCCN1Cc1ccc(S(=O)(=O)N(C)C)cc1.Cl. The lowest BCUT2D eigenvalue weighted by molar-refractivity contribution is 0.165. The van der Waals surface area contributed by atoms with E-state index in [0.29, 0.717) is 10.9 Å². The summed E-state index contributed by atoms with van der Waals surface area (Å²) in [6.45, 7) is 6.12. The molecule has 120 valence electrons. The number of sulfonamides is 1. The van der Waals surface area contributed by atoms with Gasteiger partial charge in [0, 0.05) is 46.3 Å². The van der Waals surface area contributed by atoms with Crippen LogP contribution in [0.1, 0.15) is 12.5 Å². The van der Waals surface area contributed by atoms with Gasteiger partial charge >= 0.3 is 0 Å². The lowest BCUT2D eigenvalue weighted by atomic mass is 10.1. The summed E-state index contributed by atoms with van der Waals surface area (Å²) in [5, 5.41) is 3.37. The molecule has 1 saturated heterocycles. The molecule has 2 rings (SSSR count). The molecule has 1 aromatic carbocycles. The Morgan fingerprint density at radius 3 is 2.43 bits per heavy atom. The zero-order valence-corrected chi connectivity index (χ0v) is 14.4. The van der Waals surface area contributed by atoms with Crippen LogP contribution in [0, 0.1) is 0 Å². The Labute approximate surface area is 133 Å². The highest BCUT2D eigenvalue weighted by molar-refractivity contribution is 7.89. The van der Waals surface area contributed by atoms with Crippen LogP contribution in [0.4, 0.5) is 0 Å². The van der Waals surface area contributed by atoms with E-state index in [9.17, 15) is 8.42 Å². The number of benzene rings is 1. The Balaban J connectivity index is 0.00000220. The van der Waals surface area contributed by atoms with Gasteiger partial charge in [-0.2, -0.15) is 0 Å². The number of nitrogens with zero attached hydrogens (tertiary/aromatic N) is 2. The molecule has 0 radical (unpaired) electrons. The molecule has 0 bridgehead atoms. The Bertz CT molecular complexity index is 546. The monoisotopic (exact) mass is 333 g/mol. The van der Waals surface area contributed by atoms with Gasteiger partial charge in [-0.05, 0) is 24.6 Å². The molecule has 0 aliphatic carbocycles. The molecule has 0 unspecified atom stereocenters. The first-order chi connectivity index (χ1) is 9.41. The van der Waals surface area contributed by atoms with Crippen molar-refractivity contribution >= 4 is 22.4 Å². The molecule has 1 fully saturated rings. The summed E-state index contributed by atoms with van der Waals surface area (Å²) in [6, 6.07) is 7.71. The van der Waals surface area contributed by atoms with E-state index in [1.807, 2.05) is 12.1 Å². The minimum absolute atomic E-state index is 0. The summed E-state index contributed by atoms with van der Waals surface area (Å²) in [7, 11) is -0.233. The van der Waals surface area contributed by atoms with E-state index >= 15 is 0 Å². The number of halogens is 1. The Hall–Kier alpha value is -0.660. The number of rotatable bonds is 4.